The third kappa shape index (κ3) is 2.92. The number of hydrogen-bond donors (Lipinski definition) is 0. The summed E-state index contributed by atoms with van der Waals surface area (Å²) in [6, 6.07) is 20.8. The van der Waals surface area contributed by atoms with Crippen LogP contribution in [0.15, 0.2) is 60.7 Å². The Bertz CT molecular complexity index is 516. The molecule has 0 spiro atoms. The quantitative estimate of drug-likeness (QED) is 0.837. The highest BCUT2D eigenvalue weighted by molar-refractivity contribution is 5.24. The normalized spacial score (nSPS) is 22.6. The molecule has 2 aromatic rings. The summed E-state index contributed by atoms with van der Waals surface area (Å²) in [5.74, 6) is 0. The molecule has 0 radical (unpaired) electrons. The van der Waals surface area contributed by atoms with Gasteiger partial charge in [-0.2, -0.15) is 0 Å². The van der Waals surface area contributed by atoms with E-state index in [4.69, 9.17) is 9.47 Å². The van der Waals surface area contributed by atoms with E-state index in [2.05, 4.69) is 36.4 Å². The lowest BCUT2D eigenvalue weighted by molar-refractivity contribution is -0.142. The summed E-state index contributed by atoms with van der Waals surface area (Å²) in [5, 5.41) is 0. The first-order valence-corrected chi connectivity index (χ1v) is 7.20. The van der Waals surface area contributed by atoms with Gasteiger partial charge in [-0.1, -0.05) is 60.7 Å². The molecule has 2 aromatic carbocycles. The van der Waals surface area contributed by atoms with Gasteiger partial charge in [0.15, 0.2) is 0 Å². The van der Waals surface area contributed by atoms with Crippen molar-refractivity contribution in [2.45, 2.75) is 25.0 Å². The van der Waals surface area contributed by atoms with Crippen molar-refractivity contribution in [2.24, 2.45) is 0 Å². The van der Waals surface area contributed by atoms with Crippen LogP contribution < -0.4 is 0 Å². The zero-order valence-corrected chi connectivity index (χ0v) is 11.6. The molecule has 0 aliphatic carbocycles. The summed E-state index contributed by atoms with van der Waals surface area (Å²) < 4.78 is 12.0. The smallest absolute Gasteiger partial charge is 0.117 e. The van der Waals surface area contributed by atoms with Crippen LogP contribution in [0.25, 0.3) is 0 Å². The minimum Gasteiger partial charge on any atom is -0.378 e. The van der Waals surface area contributed by atoms with E-state index in [1.165, 1.54) is 11.1 Å². The number of benzene rings is 2. The predicted molar refractivity (Wildman–Crippen MR) is 79.4 cm³/mol. The summed E-state index contributed by atoms with van der Waals surface area (Å²) >= 11 is 0. The molecule has 2 heteroatoms. The van der Waals surface area contributed by atoms with Crippen LogP contribution in [0.5, 0.6) is 0 Å². The third-order valence-electron chi connectivity index (χ3n) is 3.86. The van der Waals surface area contributed by atoms with Crippen LogP contribution in [0.2, 0.25) is 0 Å². The van der Waals surface area contributed by atoms with Gasteiger partial charge in [-0.15, -0.1) is 0 Å². The van der Waals surface area contributed by atoms with Crippen molar-refractivity contribution in [2.75, 3.05) is 13.2 Å². The van der Waals surface area contributed by atoms with Gasteiger partial charge in [-0.3, -0.25) is 0 Å². The second-order valence-corrected chi connectivity index (χ2v) is 5.29. The van der Waals surface area contributed by atoms with Crippen LogP contribution in [0.3, 0.4) is 0 Å². The van der Waals surface area contributed by atoms with Gasteiger partial charge < -0.3 is 9.47 Å². The minimum absolute atomic E-state index is 0.296. The minimum atomic E-state index is -0.296. The van der Waals surface area contributed by atoms with Gasteiger partial charge in [-0.05, 0) is 24.0 Å². The van der Waals surface area contributed by atoms with Crippen LogP contribution in [0, 0.1) is 0 Å². The Hall–Kier alpha value is -1.64. The van der Waals surface area contributed by atoms with Crippen molar-refractivity contribution in [3.63, 3.8) is 0 Å². The SMILES string of the molecule is c1ccc(COC2(c3ccccc3)CCCOC2)cc1. The van der Waals surface area contributed by atoms with E-state index in [0.717, 1.165) is 19.4 Å². The van der Waals surface area contributed by atoms with E-state index in [9.17, 15) is 0 Å². The highest BCUT2D eigenvalue weighted by atomic mass is 16.5. The highest BCUT2D eigenvalue weighted by Crippen LogP contribution is 2.35. The summed E-state index contributed by atoms with van der Waals surface area (Å²) in [5.41, 5.74) is 2.12. The lowest BCUT2D eigenvalue weighted by Crippen LogP contribution is -2.38. The topological polar surface area (TPSA) is 18.5 Å². The second kappa shape index (κ2) is 6.21. The lowest BCUT2D eigenvalue weighted by Gasteiger charge is -2.37. The standard InChI is InChI=1S/C18H20O2/c1-3-8-16(9-4-1)14-20-18(12-7-13-19-15-18)17-10-5-2-6-11-17/h1-6,8-11H,7,12-15H2. The Morgan fingerprint density at radius 3 is 2.30 bits per heavy atom. The van der Waals surface area contributed by atoms with Gasteiger partial charge in [0.25, 0.3) is 0 Å². The molecule has 1 heterocycles. The van der Waals surface area contributed by atoms with Crippen molar-refractivity contribution < 1.29 is 9.47 Å². The fourth-order valence-corrected chi connectivity index (χ4v) is 2.73. The lowest BCUT2D eigenvalue weighted by atomic mass is 9.88. The van der Waals surface area contributed by atoms with Crippen molar-refractivity contribution in [1.82, 2.24) is 0 Å². The van der Waals surface area contributed by atoms with E-state index in [1.807, 2.05) is 24.3 Å². The van der Waals surface area contributed by atoms with Gasteiger partial charge in [0, 0.05) is 6.61 Å². The zero-order chi connectivity index (χ0) is 13.7. The molecule has 0 bridgehead atoms. The zero-order valence-electron chi connectivity index (χ0n) is 11.6. The first kappa shape index (κ1) is 13.3. The Balaban J connectivity index is 1.80. The fraction of sp³-hybridized carbons (Fsp3) is 0.333. The van der Waals surface area contributed by atoms with Gasteiger partial charge in [0.2, 0.25) is 0 Å². The molecule has 1 saturated heterocycles. The average Bonchev–Trinajstić information content (AvgIpc) is 2.56. The first-order chi connectivity index (χ1) is 9.89. The molecule has 0 N–H and O–H groups in total. The van der Waals surface area contributed by atoms with E-state index in [-0.39, 0.29) is 5.60 Å². The van der Waals surface area contributed by atoms with Gasteiger partial charge in [0.1, 0.15) is 5.60 Å². The summed E-state index contributed by atoms with van der Waals surface area (Å²) in [6.07, 6.45) is 2.06. The molecule has 104 valence electrons. The highest BCUT2D eigenvalue weighted by Gasteiger charge is 2.35. The molecule has 20 heavy (non-hydrogen) atoms. The molecule has 0 saturated carbocycles. The Morgan fingerprint density at radius 1 is 0.950 bits per heavy atom. The molecule has 0 amide bonds. The number of rotatable bonds is 4. The molecule has 3 rings (SSSR count). The summed E-state index contributed by atoms with van der Waals surface area (Å²) in [4.78, 5) is 0. The largest absolute Gasteiger partial charge is 0.378 e. The molecule has 0 aromatic heterocycles. The van der Waals surface area contributed by atoms with Crippen LogP contribution >= 0.6 is 0 Å². The fourth-order valence-electron chi connectivity index (χ4n) is 2.73. The van der Waals surface area contributed by atoms with E-state index >= 15 is 0 Å². The molecular formula is C18H20O2. The van der Waals surface area contributed by atoms with Gasteiger partial charge >= 0.3 is 0 Å². The molecule has 1 atom stereocenters. The van der Waals surface area contributed by atoms with E-state index < -0.39 is 0 Å². The molecule has 1 aliphatic heterocycles. The van der Waals surface area contributed by atoms with Crippen molar-refractivity contribution in [3.05, 3.63) is 71.8 Å². The monoisotopic (exact) mass is 268 g/mol. The van der Waals surface area contributed by atoms with E-state index in [1.54, 1.807) is 0 Å². The van der Waals surface area contributed by atoms with Gasteiger partial charge in [0.05, 0.1) is 13.2 Å². The second-order valence-electron chi connectivity index (χ2n) is 5.29. The van der Waals surface area contributed by atoms with Crippen molar-refractivity contribution in [1.29, 1.82) is 0 Å². The molecular weight excluding hydrogens is 248 g/mol. The molecule has 1 unspecified atom stereocenters. The average molecular weight is 268 g/mol. The third-order valence-corrected chi connectivity index (χ3v) is 3.86. The molecule has 2 nitrogen and oxygen atoms in total. The summed E-state index contributed by atoms with van der Waals surface area (Å²) in [7, 11) is 0. The summed E-state index contributed by atoms with van der Waals surface area (Å²) in [6.45, 7) is 2.10. The Kier molecular flexibility index (Phi) is 4.14. The van der Waals surface area contributed by atoms with E-state index in [0.29, 0.717) is 13.2 Å². The van der Waals surface area contributed by atoms with Crippen LogP contribution in [-0.4, -0.2) is 13.2 Å². The number of ether oxygens (including phenoxy) is 2. The molecule has 1 aliphatic rings. The maximum atomic E-state index is 6.32. The van der Waals surface area contributed by atoms with Crippen molar-refractivity contribution in [3.8, 4) is 0 Å². The number of hydrogen-bond acceptors (Lipinski definition) is 2. The maximum Gasteiger partial charge on any atom is 0.117 e. The maximum absolute atomic E-state index is 6.32. The Labute approximate surface area is 120 Å². The van der Waals surface area contributed by atoms with Crippen LogP contribution in [0.4, 0.5) is 0 Å². The van der Waals surface area contributed by atoms with Crippen molar-refractivity contribution >= 4 is 0 Å². The van der Waals surface area contributed by atoms with Crippen LogP contribution in [-0.2, 0) is 21.7 Å². The predicted octanol–water partition coefficient (Wildman–Crippen LogP) is 3.91. The van der Waals surface area contributed by atoms with Gasteiger partial charge in [-0.25, -0.2) is 0 Å². The Morgan fingerprint density at radius 2 is 1.65 bits per heavy atom. The first-order valence-electron chi connectivity index (χ1n) is 7.20. The van der Waals surface area contributed by atoms with Crippen LogP contribution in [0.1, 0.15) is 24.0 Å². The molecule has 1 fully saturated rings.